The van der Waals surface area contributed by atoms with Crippen LogP contribution in [0.4, 0.5) is 14.6 Å². The van der Waals surface area contributed by atoms with Crippen LogP contribution in [0.5, 0.6) is 6.01 Å². The third kappa shape index (κ3) is 6.20. The fourth-order valence-electron chi connectivity index (χ4n) is 8.04. The van der Waals surface area contributed by atoms with Gasteiger partial charge in [0, 0.05) is 74.1 Å². The molecule has 0 aliphatic carbocycles. The Bertz CT molecular complexity index is 2250. The maximum absolute atomic E-state index is 16.9. The minimum atomic E-state index is -0.939. The van der Waals surface area contributed by atoms with Gasteiger partial charge in [0.2, 0.25) is 5.91 Å². The maximum atomic E-state index is 16.9. The summed E-state index contributed by atoms with van der Waals surface area (Å²) in [6, 6.07) is 12.7. The number of anilines is 1. The summed E-state index contributed by atoms with van der Waals surface area (Å²) in [5, 5.41) is 12.1. The van der Waals surface area contributed by atoms with E-state index in [0.29, 0.717) is 52.4 Å². The molecular weight excluding hydrogens is 688 g/mol. The number of benzene rings is 2. The Hall–Kier alpha value is -5.19. The highest BCUT2D eigenvalue weighted by Crippen LogP contribution is 2.41. The second-order valence-corrected chi connectivity index (χ2v) is 14.2. The number of halogens is 3. The Balaban J connectivity index is 1.17. The van der Waals surface area contributed by atoms with Crippen molar-refractivity contribution in [1.29, 1.82) is 5.26 Å². The Morgan fingerprint density at radius 2 is 2.00 bits per heavy atom. The SMILES string of the molecule is Cn1cnc(/C=C/C(=O)N2CCN(c3nc(OC[C@@]45CCCN4C[C@H](F)C5)nc4c(F)c(-c5cccc6cccc(Cl)c56)ncc34)C[C@@H]2CC#N)c1. The number of imidazole rings is 1. The highest BCUT2D eigenvalue weighted by atomic mass is 35.5. The molecule has 14 heteroatoms. The van der Waals surface area contributed by atoms with Crippen molar-refractivity contribution >= 4 is 51.1 Å². The van der Waals surface area contributed by atoms with Crippen LogP contribution in [-0.2, 0) is 11.8 Å². The molecule has 0 radical (unpaired) electrons. The summed E-state index contributed by atoms with van der Waals surface area (Å²) in [7, 11) is 1.85. The first-order valence-electron chi connectivity index (χ1n) is 17.4. The standard InChI is InChI=1S/C38H36ClF2N9O2/c1-47-20-26(44-23-47)9-10-31(51)50-16-15-48(21-27(50)11-13-42)36-29-18-43-34(28-7-2-5-24-6-3-8-30(39)32(24)28)33(41)35(29)45-37(46-36)52-22-38-12-4-14-49(38)19-25(40)17-38/h2-3,5-10,18,20,23,25,27H,4,11-12,14-17,19,21-22H2,1H3/b10-9+/t25-,27+,38+/m1/s1. The van der Waals surface area contributed by atoms with Gasteiger partial charge < -0.3 is 19.1 Å². The predicted molar refractivity (Wildman–Crippen MR) is 194 cm³/mol. The fraction of sp³-hybridized carbons (Fsp3) is 0.368. The van der Waals surface area contributed by atoms with E-state index >= 15 is 4.39 Å². The van der Waals surface area contributed by atoms with Gasteiger partial charge in [-0.1, -0.05) is 41.9 Å². The highest BCUT2D eigenvalue weighted by molar-refractivity contribution is 6.36. The van der Waals surface area contributed by atoms with Crippen LogP contribution >= 0.6 is 11.6 Å². The number of carbonyl (C=O) groups is 1. The number of aromatic nitrogens is 5. The van der Waals surface area contributed by atoms with Crippen LogP contribution in [0.1, 0.15) is 31.4 Å². The van der Waals surface area contributed by atoms with Crippen LogP contribution in [0.15, 0.2) is 61.2 Å². The molecule has 3 fully saturated rings. The average Bonchev–Trinajstić information content (AvgIpc) is 3.83. The van der Waals surface area contributed by atoms with E-state index in [1.54, 1.807) is 46.4 Å². The van der Waals surface area contributed by atoms with Gasteiger partial charge in [0.15, 0.2) is 5.82 Å². The van der Waals surface area contributed by atoms with Crippen molar-refractivity contribution < 1.29 is 18.3 Å². The first kappa shape index (κ1) is 33.9. The van der Waals surface area contributed by atoms with Crippen molar-refractivity contribution in [2.75, 3.05) is 44.2 Å². The van der Waals surface area contributed by atoms with E-state index in [4.69, 9.17) is 21.3 Å². The Morgan fingerprint density at radius 3 is 2.81 bits per heavy atom. The molecule has 52 heavy (non-hydrogen) atoms. The zero-order valence-electron chi connectivity index (χ0n) is 28.6. The molecule has 5 aromatic rings. The van der Waals surface area contributed by atoms with Gasteiger partial charge in [0.05, 0.1) is 41.5 Å². The molecule has 3 aliphatic heterocycles. The second kappa shape index (κ2) is 13.7. The first-order chi connectivity index (χ1) is 25.2. The molecule has 3 aromatic heterocycles. The van der Waals surface area contributed by atoms with Crippen molar-refractivity contribution in [2.45, 2.75) is 43.4 Å². The first-order valence-corrected chi connectivity index (χ1v) is 17.7. The molecule has 2 aromatic carbocycles. The van der Waals surface area contributed by atoms with Gasteiger partial charge in [-0.25, -0.2) is 13.8 Å². The fourth-order valence-corrected chi connectivity index (χ4v) is 8.33. The third-order valence-corrected chi connectivity index (χ3v) is 10.8. The lowest BCUT2D eigenvalue weighted by Crippen LogP contribution is -2.55. The normalized spacial score (nSPS) is 22.1. The molecule has 11 nitrogen and oxygen atoms in total. The summed E-state index contributed by atoms with van der Waals surface area (Å²) >= 11 is 6.62. The van der Waals surface area contributed by atoms with Gasteiger partial charge in [0.25, 0.3) is 0 Å². The van der Waals surface area contributed by atoms with Gasteiger partial charge in [-0.15, -0.1) is 0 Å². The Kier molecular flexibility index (Phi) is 8.97. The number of nitriles is 1. The van der Waals surface area contributed by atoms with Crippen molar-refractivity contribution in [2.24, 2.45) is 7.05 Å². The van der Waals surface area contributed by atoms with Crippen molar-refractivity contribution in [3.05, 3.63) is 77.7 Å². The smallest absolute Gasteiger partial charge is 0.319 e. The predicted octanol–water partition coefficient (Wildman–Crippen LogP) is 5.97. The number of aryl methyl sites for hydroxylation is 1. The minimum Gasteiger partial charge on any atom is -0.461 e. The summed E-state index contributed by atoms with van der Waals surface area (Å²) < 4.78 is 39.6. The number of fused-ring (bicyclic) bond motifs is 3. The molecule has 1 amide bonds. The number of piperazine rings is 1. The van der Waals surface area contributed by atoms with Crippen LogP contribution in [0.3, 0.4) is 0 Å². The maximum Gasteiger partial charge on any atom is 0.319 e. The Morgan fingerprint density at radius 1 is 1.15 bits per heavy atom. The molecule has 6 heterocycles. The molecular formula is C38H36ClF2N9O2. The number of alkyl halides is 1. The highest BCUT2D eigenvalue weighted by Gasteiger charge is 2.49. The van der Waals surface area contributed by atoms with Crippen LogP contribution < -0.4 is 9.64 Å². The van der Waals surface area contributed by atoms with Gasteiger partial charge >= 0.3 is 6.01 Å². The largest absolute Gasteiger partial charge is 0.461 e. The van der Waals surface area contributed by atoms with Gasteiger partial charge in [-0.2, -0.15) is 15.2 Å². The molecule has 8 rings (SSSR count). The molecule has 3 aliphatic rings. The summed E-state index contributed by atoms with van der Waals surface area (Å²) in [4.78, 5) is 37.4. The molecule has 266 valence electrons. The lowest BCUT2D eigenvalue weighted by molar-refractivity contribution is -0.128. The molecule has 0 unspecified atom stereocenters. The lowest BCUT2D eigenvalue weighted by atomic mass is 9.95. The minimum absolute atomic E-state index is 0.0123. The summed E-state index contributed by atoms with van der Waals surface area (Å²) in [5.41, 5.74) is 0.789. The van der Waals surface area contributed by atoms with Crippen LogP contribution in [-0.4, -0.2) is 97.3 Å². The number of nitrogens with zero attached hydrogens (tertiary/aromatic N) is 9. The van der Waals surface area contributed by atoms with E-state index in [0.717, 1.165) is 24.8 Å². The second-order valence-electron chi connectivity index (χ2n) is 13.8. The van der Waals surface area contributed by atoms with Crippen molar-refractivity contribution in [3.63, 3.8) is 0 Å². The molecule has 0 spiro atoms. The van der Waals surface area contributed by atoms with Gasteiger partial charge in [-0.3, -0.25) is 14.7 Å². The molecule has 3 saturated heterocycles. The summed E-state index contributed by atoms with van der Waals surface area (Å²) in [5.74, 6) is -0.523. The molecule has 0 bridgehead atoms. The number of hydrogen-bond donors (Lipinski definition) is 0. The molecule has 0 saturated carbocycles. The topological polar surface area (TPSA) is 116 Å². The lowest BCUT2D eigenvalue weighted by Gasteiger charge is -2.41. The van der Waals surface area contributed by atoms with E-state index in [-0.39, 0.29) is 49.2 Å². The zero-order valence-corrected chi connectivity index (χ0v) is 29.3. The number of hydrogen-bond acceptors (Lipinski definition) is 9. The van der Waals surface area contributed by atoms with Crippen molar-refractivity contribution in [1.82, 2.24) is 34.3 Å². The third-order valence-electron chi connectivity index (χ3n) is 10.5. The quantitative estimate of drug-likeness (QED) is 0.179. The summed E-state index contributed by atoms with van der Waals surface area (Å²) in [6.45, 7) is 2.22. The van der Waals surface area contributed by atoms with Gasteiger partial charge in [-0.05, 0) is 36.9 Å². The number of ether oxygens (including phenoxy) is 1. The number of carbonyl (C=O) groups excluding carboxylic acids is 1. The number of rotatable bonds is 8. The van der Waals surface area contributed by atoms with E-state index in [2.05, 4.69) is 25.9 Å². The monoisotopic (exact) mass is 723 g/mol. The van der Waals surface area contributed by atoms with E-state index in [9.17, 15) is 14.4 Å². The summed E-state index contributed by atoms with van der Waals surface area (Å²) in [6.07, 6.45) is 9.34. The van der Waals surface area contributed by atoms with Crippen LogP contribution in [0.25, 0.3) is 39.0 Å². The molecule has 0 N–H and O–H groups in total. The average molecular weight is 724 g/mol. The van der Waals surface area contributed by atoms with E-state index in [1.165, 1.54) is 6.08 Å². The number of amides is 1. The van der Waals surface area contributed by atoms with E-state index < -0.39 is 23.6 Å². The number of pyridine rings is 1. The van der Waals surface area contributed by atoms with Crippen molar-refractivity contribution in [3.8, 4) is 23.3 Å². The van der Waals surface area contributed by atoms with E-state index in [1.807, 2.05) is 36.2 Å². The Labute approximate surface area is 304 Å². The zero-order chi connectivity index (χ0) is 36.0. The van der Waals surface area contributed by atoms with Crippen LogP contribution in [0.2, 0.25) is 5.02 Å². The molecule has 3 atom stereocenters. The van der Waals surface area contributed by atoms with Crippen LogP contribution in [0, 0.1) is 17.1 Å². The van der Waals surface area contributed by atoms with Gasteiger partial charge in [0.1, 0.15) is 29.8 Å².